The maximum absolute atomic E-state index is 12.3. The Morgan fingerprint density at radius 1 is 1.39 bits per heavy atom. The molecule has 1 aliphatic heterocycles. The van der Waals surface area contributed by atoms with Crippen molar-refractivity contribution in [2.45, 2.75) is 38.6 Å². The van der Waals surface area contributed by atoms with Crippen molar-refractivity contribution in [1.82, 2.24) is 25.1 Å². The van der Waals surface area contributed by atoms with E-state index in [0.717, 1.165) is 37.6 Å². The van der Waals surface area contributed by atoms with E-state index >= 15 is 0 Å². The van der Waals surface area contributed by atoms with Gasteiger partial charge in [0.05, 0.1) is 6.04 Å². The number of carbonyl (C=O) groups is 1. The van der Waals surface area contributed by atoms with E-state index in [0.29, 0.717) is 11.7 Å². The molecule has 7 heteroatoms. The number of anilines is 1. The van der Waals surface area contributed by atoms with Gasteiger partial charge in [0, 0.05) is 12.1 Å². The number of likely N-dealkylation sites (tertiary alicyclic amines) is 1. The second-order valence-corrected chi connectivity index (χ2v) is 5.97. The normalized spacial score (nSPS) is 17.8. The van der Waals surface area contributed by atoms with E-state index in [2.05, 4.69) is 30.4 Å². The highest BCUT2D eigenvalue weighted by molar-refractivity contribution is 5.93. The first-order chi connectivity index (χ1) is 11.1. The van der Waals surface area contributed by atoms with Gasteiger partial charge in [-0.05, 0) is 51.9 Å². The lowest BCUT2D eigenvalue weighted by molar-refractivity contribution is -0.121. The van der Waals surface area contributed by atoms with Gasteiger partial charge in [0.2, 0.25) is 5.91 Å². The number of amides is 1. The molecule has 1 unspecified atom stereocenters. The molecule has 0 saturated carbocycles. The van der Waals surface area contributed by atoms with Gasteiger partial charge in [-0.2, -0.15) is 5.10 Å². The lowest BCUT2D eigenvalue weighted by atomic mass is 9.95. The van der Waals surface area contributed by atoms with Gasteiger partial charge in [-0.15, -0.1) is 0 Å². The van der Waals surface area contributed by atoms with Crippen LogP contribution in [0.25, 0.3) is 0 Å². The summed E-state index contributed by atoms with van der Waals surface area (Å²) in [7, 11) is 0. The minimum absolute atomic E-state index is 0.0177. The first kappa shape index (κ1) is 15.6. The maximum Gasteiger partial charge on any atom is 0.242 e. The van der Waals surface area contributed by atoms with Crippen molar-refractivity contribution in [3.05, 3.63) is 36.0 Å². The highest BCUT2D eigenvalue weighted by atomic mass is 16.2. The Balaban J connectivity index is 1.53. The number of carbonyl (C=O) groups excluding carboxylic acids is 1. The summed E-state index contributed by atoms with van der Waals surface area (Å²) in [6.07, 6.45) is 3.61. The lowest BCUT2D eigenvalue weighted by Crippen LogP contribution is -2.45. The topological polar surface area (TPSA) is 86.8 Å². The molecule has 0 aromatic carbocycles. The predicted molar refractivity (Wildman–Crippen MR) is 87.0 cm³/mol. The van der Waals surface area contributed by atoms with Gasteiger partial charge in [0.15, 0.2) is 5.82 Å². The number of hydrogen-bond acceptors (Lipinski definition) is 5. The van der Waals surface area contributed by atoms with Gasteiger partial charge in [-0.25, -0.2) is 9.97 Å². The smallest absolute Gasteiger partial charge is 0.242 e. The van der Waals surface area contributed by atoms with E-state index in [-0.39, 0.29) is 11.9 Å². The standard InChI is InChI=1S/C16H22N6O/c1-11(16(23)19-14-5-3-4-8-17-14)22-9-6-13(7-10-22)15-18-12(2)20-21-15/h3-5,8,11,13H,6-7,9-10H2,1-2H3,(H,17,19,23)(H,18,20,21). The molecule has 122 valence electrons. The van der Waals surface area contributed by atoms with Crippen LogP contribution in [0.1, 0.15) is 37.3 Å². The number of aryl methyl sites for hydroxylation is 1. The van der Waals surface area contributed by atoms with Gasteiger partial charge in [0.25, 0.3) is 0 Å². The minimum atomic E-state index is -0.174. The van der Waals surface area contributed by atoms with Crippen LogP contribution in [0.2, 0.25) is 0 Å². The fourth-order valence-electron chi connectivity index (χ4n) is 2.92. The number of aromatic nitrogens is 4. The van der Waals surface area contributed by atoms with Crippen LogP contribution in [-0.4, -0.2) is 50.1 Å². The Morgan fingerprint density at radius 2 is 2.17 bits per heavy atom. The Labute approximate surface area is 135 Å². The summed E-state index contributed by atoms with van der Waals surface area (Å²) in [6.45, 7) is 5.59. The number of pyridine rings is 1. The molecule has 0 radical (unpaired) electrons. The van der Waals surface area contributed by atoms with Crippen LogP contribution in [-0.2, 0) is 4.79 Å². The SMILES string of the molecule is Cc1nc(C2CCN(C(C)C(=O)Nc3ccccn3)CC2)n[nH]1. The van der Waals surface area contributed by atoms with Crippen molar-refractivity contribution in [1.29, 1.82) is 0 Å². The summed E-state index contributed by atoms with van der Waals surface area (Å²) in [5, 5.41) is 10.0. The van der Waals surface area contributed by atoms with Crippen LogP contribution in [0.3, 0.4) is 0 Å². The second-order valence-electron chi connectivity index (χ2n) is 5.97. The van der Waals surface area contributed by atoms with Gasteiger partial charge in [-0.3, -0.25) is 14.8 Å². The number of rotatable bonds is 4. The Bertz CT molecular complexity index is 648. The van der Waals surface area contributed by atoms with E-state index in [1.165, 1.54) is 0 Å². The zero-order valence-corrected chi connectivity index (χ0v) is 13.5. The quantitative estimate of drug-likeness (QED) is 0.897. The largest absolute Gasteiger partial charge is 0.309 e. The molecule has 2 aromatic rings. The second kappa shape index (κ2) is 6.87. The van der Waals surface area contributed by atoms with Gasteiger partial charge in [-0.1, -0.05) is 6.07 Å². The van der Waals surface area contributed by atoms with Crippen molar-refractivity contribution in [2.24, 2.45) is 0 Å². The summed E-state index contributed by atoms with van der Waals surface area (Å²) in [5.41, 5.74) is 0. The summed E-state index contributed by atoms with van der Waals surface area (Å²) in [4.78, 5) is 23.1. The summed E-state index contributed by atoms with van der Waals surface area (Å²) >= 11 is 0. The average molecular weight is 314 g/mol. The molecule has 3 rings (SSSR count). The van der Waals surface area contributed by atoms with Gasteiger partial charge >= 0.3 is 0 Å². The van der Waals surface area contributed by atoms with Crippen molar-refractivity contribution >= 4 is 11.7 Å². The monoisotopic (exact) mass is 314 g/mol. The first-order valence-corrected chi connectivity index (χ1v) is 7.98. The lowest BCUT2D eigenvalue weighted by Gasteiger charge is -2.34. The van der Waals surface area contributed by atoms with Crippen molar-refractivity contribution in [2.75, 3.05) is 18.4 Å². The van der Waals surface area contributed by atoms with Gasteiger partial charge in [0.1, 0.15) is 11.6 Å². The molecule has 2 aromatic heterocycles. The number of hydrogen-bond donors (Lipinski definition) is 2. The van der Waals surface area contributed by atoms with Crippen LogP contribution in [0.5, 0.6) is 0 Å². The molecule has 0 spiro atoms. The molecule has 7 nitrogen and oxygen atoms in total. The summed E-state index contributed by atoms with van der Waals surface area (Å²) in [5.74, 6) is 2.70. The van der Waals surface area contributed by atoms with E-state index in [4.69, 9.17) is 0 Å². The molecular weight excluding hydrogens is 292 g/mol. The van der Waals surface area contributed by atoms with Crippen LogP contribution in [0.15, 0.2) is 24.4 Å². The Kier molecular flexibility index (Phi) is 4.66. The molecule has 1 fully saturated rings. The number of H-pyrrole nitrogens is 1. The number of nitrogens with one attached hydrogen (secondary N) is 2. The minimum Gasteiger partial charge on any atom is -0.309 e. The third kappa shape index (κ3) is 3.73. The van der Waals surface area contributed by atoms with Gasteiger partial charge < -0.3 is 5.32 Å². The molecule has 3 heterocycles. The molecular formula is C16H22N6O. The summed E-state index contributed by atoms with van der Waals surface area (Å²) in [6, 6.07) is 5.31. The molecule has 0 bridgehead atoms. The fraction of sp³-hybridized carbons (Fsp3) is 0.500. The van der Waals surface area contributed by atoms with E-state index < -0.39 is 0 Å². The van der Waals surface area contributed by atoms with Crippen LogP contribution < -0.4 is 5.32 Å². The van der Waals surface area contributed by atoms with E-state index in [1.54, 1.807) is 12.3 Å². The molecule has 2 N–H and O–H groups in total. The van der Waals surface area contributed by atoms with Crippen LogP contribution >= 0.6 is 0 Å². The van der Waals surface area contributed by atoms with Crippen molar-refractivity contribution < 1.29 is 4.79 Å². The zero-order chi connectivity index (χ0) is 16.2. The molecule has 1 aliphatic rings. The van der Waals surface area contributed by atoms with Crippen molar-refractivity contribution in [3.63, 3.8) is 0 Å². The van der Waals surface area contributed by atoms with Crippen LogP contribution in [0.4, 0.5) is 5.82 Å². The molecule has 1 saturated heterocycles. The third-order valence-electron chi connectivity index (χ3n) is 4.35. The number of piperidine rings is 1. The zero-order valence-electron chi connectivity index (χ0n) is 13.5. The van der Waals surface area contributed by atoms with E-state index in [1.807, 2.05) is 26.0 Å². The third-order valence-corrected chi connectivity index (χ3v) is 4.35. The highest BCUT2D eigenvalue weighted by Crippen LogP contribution is 2.26. The fourth-order valence-corrected chi connectivity index (χ4v) is 2.92. The molecule has 0 aliphatic carbocycles. The predicted octanol–water partition coefficient (Wildman–Crippen LogP) is 1.71. The van der Waals surface area contributed by atoms with Crippen LogP contribution in [0, 0.1) is 6.92 Å². The highest BCUT2D eigenvalue weighted by Gasteiger charge is 2.28. The molecule has 1 amide bonds. The number of nitrogens with zero attached hydrogens (tertiary/aromatic N) is 4. The average Bonchev–Trinajstić information content (AvgIpc) is 3.02. The Hall–Kier alpha value is -2.28. The number of aromatic amines is 1. The Morgan fingerprint density at radius 3 is 2.78 bits per heavy atom. The summed E-state index contributed by atoms with van der Waals surface area (Å²) < 4.78 is 0. The van der Waals surface area contributed by atoms with Crippen molar-refractivity contribution in [3.8, 4) is 0 Å². The maximum atomic E-state index is 12.3. The molecule has 23 heavy (non-hydrogen) atoms. The molecule has 1 atom stereocenters. The van der Waals surface area contributed by atoms with E-state index in [9.17, 15) is 4.79 Å². The first-order valence-electron chi connectivity index (χ1n) is 7.98.